The highest BCUT2D eigenvalue weighted by molar-refractivity contribution is 6.29. The van der Waals surface area contributed by atoms with Gasteiger partial charge in [-0.2, -0.15) is 5.26 Å². The largest absolute Gasteiger partial charge is 0.351 e. The second-order valence-electron chi connectivity index (χ2n) is 2.53. The predicted octanol–water partition coefficient (Wildman–Crippen LogP) is 1.38. The maximum Gasteiger partial charge on any atom is 0.252 e. The Hall–Kier alpha value is -1.60. The van der Waals surface area contributed by atoms with E-state index in [0.717, 1.165) is 0 Å². The topological polar surface area (TPSA) is 65.8 Å². The minimum Gasteiger partial charge on any atom is -0.351 e. The molecule has 0 aliphatic heterocycles. The van der Waals surface area contributed by atoms with Crippen LogP contribution in [0.2, 0.25) is 5.15 Å². The summed E-state index contributed by atoms with van der Waals surface area (Å²) in [4.78, 5) is 15.1. The van der Waals surface area contributed by atoms with E-state index in [1.165, 1.54) is 6.20 Å². The van der Waals surface area contributed by atoms with Crippen molar-refractivity contribution in [3.8, 4) is 6.07 Å². The van der Waals surface area contributed by atoms with Crippen molar-refractivity contribution < 1.29 is 4.79 Å². The molecule has 0 radical (unpaired) electrons. The Morgan fingerprint density at radius 2 is 2.43 bits per heavy atom. The van der Waals surface area contributed by atoms with E-state index in [-0.39, 0.29) is 5.91 Å². The molecule has 1 aromatic heterocycles. The van der Waals surface area contributed by atoms with Crippen LogP contribution in [0, 0.1) is 11.3 Å². The highest BCUT2D eigenvalue weighted by atomic mass is 35.5. The maximum absolute atomic E-state index is 11.3. The molecule has 1 aromatic rings. The zero-order chi connectivity index (χ0) is 10.4. The second kappa shape index (κ2) is 5.20. The molecule has 0 spiro atoms. The van der Waals surface area contributed by atoms with E-state index >= 15 is 0 Å². The maximum atomic E-state index is 11.3. The van der Waals surface area contributed by atoms with Crippen molar-refractivity contribution in [2.24, 2.45) is 0 Å². The van der Waals surface area contributed by atoms with Crippen LogP contribution < -0.4 is 5.32 Å². The molecule has 4 nitrogen and oxygen atoms in total. The molecule has 1 N–H and O–H groups in total. The van der Waals surface area contributed by atoms with E-state index in [2.05, 4.69) is 10.3 Å². The van der Waals surface area contributed by atoms with Crippen molar-refractivity contribution in [1.82, 2.24) is 10.3 Å². The van der Waals surface area contributed by atoms with Gasteiger partial charge in [0.2, 0.25) is 0 Å². The Balaban J connectivity index is 2.53. The van der Waals surface area contributed by atoms with Crippen LogP contribution in [-0.2, 0) is 0 Å². The van der Waals surface area contributed by atoms with Gasteiger partial charge in [0.05, 0.1) is 18.1 Å². The van der Waals surface area contributed by atoms with Gasteiger partial charge in [0.15, 0.2) is 0 Å². The Morgan fingerprint density at radius 1 is 1.64 bits per heavy atom. The highest BCUT2D eigenvalue weighted by Gasteiger charge is 2.03. The lowest BCUT2D eigenvalue weighted by atomic mass is 10.2. The SMILES string of the molecule is N#CCCNC(=O)c1ccc(Cl)nc1. The Morgan fingerprint density at radius 3 is 3.00 bits per heavy atom. The third-order valence-corrected chi connectivity index (χ3v) is 1.74. The number of hydrogen-bond donors (Lipinski definition) is 1. The molecule has 1 amide bonds. The fourth-order valence-corrected chi connectivity index (χ4v) is 0.956. The molecule has 1 rings (SSSR count). The first-order chi connectivity index (χ1) is 6.74. The van der Waals surface area contributed by atoms with E-state index in [0.29, 0.717) is 23.7 Å². The summed E-state index contributed by atoms with van der Waals surface area (Å²) in [6.07, 6.45) is 1.69. The minimum atomic E-state index is -0.246. The molecular formula is C9H8ClN3O. The summed E-state index contributed by atoms with van der Waals surface area (Å²) < 4.78 is 0. The van der Waals surface area contributed by atoms with Crippen molar-refractivity contribution in [1.29, 1.82) is 5.26 Å². The Labute approximate surface area is 86.5 Å². The number of rotatable bonds is 3. The van der Waals surface area contributed by atoms with Crippen LogP contribution in [0.5, 0.6) is 0 Å². The summed E-state index contributed by atoms with van der Waals surface area (Å²) in [7, 11) is 0. The van der Waals surface area contributed by atoms with Crippen molar-refractivity contribution in [2.75, 3.05) is 6.54 Å². The van der Waals surface area contributed by atoms with Gasteiger partial charge in [0.25, 0.3) is 5.91 Å². The predicted molar refractivity (Wildman–Crippen MR) is 51.8 cm³/mol. The molecule has 5 heteroatoms. The van der Waals surface area contributed by atoms with Gasteiger partial charge in [-0.15, -0.1) is 0 Å². The monoisotopic (exact) mass is 209 g/mol. The summed E-state index contributed by atoms with van der Waals surface area (Å²) in [6, 6.07) is 5.05. The number of carbonyl (C=O) groups excluding carboxylic acids is 1. The van der Waals surface area contributed by atoms with Crippen LogP contribution >= 0.6 is 11.6 Å². The lowest BCUT2D eigenvalue weighted by molar-refractivity contribution is 0.0954. The van der Waals surface area contributed by atoms with Crippen LogP contribution in [0.25, 0.3) is 0 Å². The van der Waals surface area contributed by atoms with Gasteiger partial charge in [-0.3, -0.25) is 4.79 Å². The summed E-state index contributed by atoms with van der Waals surface area (Å²) in [5.41, 5.74) is 0.437. The first-order valence-corrected chi connectivity index (χ1v) is 4.38. The summed E-state index contributed by atoms with van der Waals surface area (Å²) in [5, 5.41) is 11.2. The van der Waals surface area contributed by atoms with E-state index in [1.807, 2.05) is 6.07 Å². The van der Waals surface area contributed by atoms with Crippen LogP contribution in [-0.4, -0.2) is 17.4 Å². The normalized spacial score (nSPS) is 9.14. The standard InChI is InChI=1S/C9H8ClN3O/c10-8-3-2-7(6-13-8)9(14)12-5-1-4-11/h2-3,6H,1,5H2,(H,12,14). The smallest absolute Gasteiger partial charge is 0.252 e. The third-order valence-electron chi connectivity index (χ3n) is 1.51. The molecule has 0 unspecified atom stereocenters. The number of nitrogens with zero attached hydrogens (tertiary/aromatic N) is 2. The Bertz CT molecular complexity index is 355. The molecule has 0 saturated carbocycles. The first kappa shape index (κ1) is 10.5. The van der Waals surface area contributed by atoms with Gasteiger partial charge in [0, 0.05) is 12.7 Å². The van der Waals surface area contributed by atoms with Crippen LogP contribution in [0.15, 0.2) is 18.3 Å². The van der Waals surface area contributed by atoms with Crippen molar-refractivity contribution in [3.05, 3.63) is 29.0 Å². The third kappa shape index (κ3) is 3.04. The van der Waals surface area contributed by atoms with Gasteiger partial charge in [-0.25, -0.2) is 4.98 Å². The number of nitrogens with one attached hydrogen (secondary N) is 1. The van der Waals surface area contributed by atoms with Crippen LogP contribution in [0.3, 0.4) is 0 Å². The number of hydrogen-bond acceptors (Lipinski definition) is 3. The van der Waals surface area contributed by atoms with E-state index in [4.69, 9.17) is 16.9 Å². The van der Waals surface area contributed by atoms with E-state index < -0.39 is 0 Å². The Kier molecular flexibility index (Phi) is 3.89. The first-order valence-electron chi connectivity index (χ1n) is 4.00. The zero-order valence-corrected chi connectivity index (χ0v) is 8.08. The highest BCUT2D eigenvalue weighted by Crippen LogP contribution is 2.04. The van der Waals surface area contributed by atoms with Gasteiger partial charge >= 0.3 is 0 Å². The molecule has 0 bridgehead atoms. The van der Waals surface area contributed by atoms with E-state index in [9.17, 15) is 4.79 Å². The molecule has 0 saturated heterocycles. The van der Waals surface area contributed by atoms with Crippen molar-refractivity contribution in [3.63, 3.8) is 0 Å². The fourth-order valence-electron chi connectivity index (χ4n) is 0.844. The summed E-state index contributed by atoms with van der Waals surface area (Å²) in [6.45, 7) is 0.345. The lowest BCUT2D eigenvalue weighted by Crippen LogP contribution is -2.24. The molecule has 0 atom stereocenters. The summed E-state index contributed by atoms with van der Waals surface area (Å²) >= 11 is 5.56. The number of pyridine rings is 1. The van der Waals surface area contributed by atoms with Crippen LogP contribution in [0.4, 0.5) is 0 Å². The molecule has 0 aliphatic rings. The second-order valence-corrected chi connectivity index (χ2v) is 2.92. The molecule has 72 valence electrons. The van der Waals surface area contributed by atoms with Crippen molar-refractivity contribution >= 4 is 17.5 Å². The van der Waals surface area contributed by atoms with E-state index in [1.54, 1.807) is 12.1 Å². The number of halogens is 1. The average Bonchev–Trinajstić information content (AvgIpc) is 2.19. The fraction of sp³-hybridized carbons (Fsp3) is 0.222. The number of aromatic nitrogens is 1. The molecule has 0 fully saturated rings. The van der Waals surface area contributed by atoms with Crippen LogP contribution in [0.1, 0.15) is 16.8 Å². The minimum absolute atomic E-state index is 0.246. The number of amides is 1. The molecular weight excluding hydrogens is 202 g/mol. The summed E-state index contributed by atoms with van der Waals surface area (Å²) in [5.74, 6) is -0.246. The zero-order valence-electron chi connectivity index (χ0n) is 7.33. The average molecular weight is 210 g/mol. The van der Waals surface area contributed by atoms with Gasteiger partial charge in [-0.05, 0) is 12.1 Å². The number of carbonyl (C=O) groups is 1. The molecule has 0 aromatic carbocycles. The number of nitriles is 1. The van der Waals surface area contributed by atoms with Gasteiger partial charge in [-0.1, -0.05) is 11.6 Å². The van der Waals surface area contributed by atoms with Gasteiger partial charge in [0.1, 0.15) is 5.15 Å². The lowest BCUT2D eigenvalue weighted by Gasteiger charge is -2.01. The molecule has 1 heterocycles. The molecule has 14 heavy (non-hydrogen) atoms. The quantitative estimate of drug-likeness (QED) is 0.604. The van der Waals surface area contributed by atoms with Crippen molar-refractivity contribution in [2.45, 2.75) is 6.42 Å². The van der Waals surface area contributed by atoms with Gasteiger partial charge < -0.3 is 5.32 Å². The molecule has 0 aliphatic carbocycles.